The zero-order chi connectivity index (χ0) is 16.8. The molecule has 0 aromatic heterocycles. The lowest BCUT2D eigenvalue weighted by molar-refractivity contribution is 0.332. The van der Waals surface area contributed by atoms with Gasteiger partial charge in [-0.2, -0.15) is 4.31 Å². The number of hydrogen-bond acceptors (Lipinski definition) is 5. The summed E-state index contributed by atoms with van der Waals surface area (Å²) in [5.74, 6) is 0.332. The first-order valence-corrected chi connectivity index (χ1v) is 11.0. The molecule has 1 aromatic carbocycles. The third-order valence-electron chi connectivity index (χ3n) is 4.17. The summed E-state index contributed by atoms with van der Waals surface area (Å²) in [6, 6.07) is 3.71. The standard InChI is InChI=1S/C14H18ClNO5S2/c1-21-14-5-4-12(8-13(14)15)23(19,20)16(10-2-3-10)11-6-7-22(17,18)9-11/h4-5,8,10-11H,2-3,6-7,9H2,1H3. The van der Waals surface area contributed by atoms with Crippen molar-refractivity contribution in [3.05, 3.63) is 23.2 Å². The van der Waals surface area contributed by atoms with E-state index in [4.69, 9.17) is 16.3 Å². The van der Waals surface area contributed by atoms with Crippen LogP contribution in [-0.4, -0.2) is 51.8 Å². The molecule has 0 radical (unpaired) electrons. The highest BCUT2D eigenvalue weighted by atomic mass is 35.5. The Bertz CT molecular complexity index is 818. The fraction of sp³-hybridized carbons (Fsp3) is 0.571. The summed E-state index contributed by atoms with van der Waals surface area (Å²) in [5.41, 5.74) is 0. The Morgan fingerprint density at radius 3 is 2.39 bits per heavy atom. The number of sulfonamides is 1. The maximum absolute atomic E-state index is 13.0. The maximum Gasteiger partial charge on any atom is 0.243 e. The molecule has 9 heteroatoms. The average molecular weight is 380 g/mol. The van der Waals surface area contributed by atoms with E-state index in [2.05, 4.69) is 0 Å². The van der Waals surface area contributed by atoms with Gasteiger partial charge in [-0.1, -0.05) is 11.6 Å². The van der Waals surface area contributed by atoms with Crippen LogP contribution in [0.3, 0.4) is 0 Å². The van der Waals surface area contributed by atoms with Gasteiger partial charge in [0.2, 0.25) is 10.0 Å². The fourth-order valence-corrected chi connectivity index (χ4v) is 6.98. The average Bonchev–Trinajstić information content (AvgIpc) is 3.22. The third-order valence-corrected chi connectivity index (χ3v) is 8.22. The molecular formula is C14H18ClNO5S2. The van der Waals surface area contributed by atoms with Crippen LogP contribution in [0.4, 0.5) is 0 Å². The van der Waals surface area contributed by atoms with Gasteiger partial charge in [-0.3, -0.25) is 0 Å². The van der Waals surface area contributed by atoms with Gasteiger partial charge < -0.3 is 4.74 Å². The number of hydrogen-bond donors (Lipinski definition) is 0. The van der Waals surface area contributed by atoms with Crippen LogP contribution < -0.4 is 4.74 Å². The largest absolute Gasteiger partial charge is 0.495 e. The molecule has 0 amide bonds. The molecule has 2 aliphatic rings. The van der Waals surface area contributed by atoms with E-state index >= 15 is 0 Å². The number of benzene rings is 1. The highest BCUT2D eigenvalue weighted by molar-refractivity contribution is 7.92. The van der Waals surface area contributed by atoms with Crippen LogP contribution in [0.5, 0.6) is 5.75 Å². The number of nitrogens with zero attached hydrogens (tertiary/aromatic N) is 1. The van der Waals surface area contributed by atoms with E-state index in [9.17, 15) is 16.8 Å². The van der Waals surface area contributed by atoms with Crippen molar-refractivity contribution in [3.63, 3.8) is 0 Å². The monoisotopic (exact) mass is 379 g/mol. The molecule has 1 unspecified atom stereocenters. The second-order valence-electron chi connectivity index (χ2n) is 5.92. The molecule has 6 nitrogen and oxygen atoms in total. The van der Waals surface area contributed by atoms with Gasteiger partial charge in [0, 0.05) is 12.1 Å². The van der Waals surface area contributed by atoms with E-state index in [-0.39, 0.29) is 27.5 Å². The van der Waals surface area contributed by atoms with Gasteiger partial charge in [-0.15, -0.1) is 0 Å². The summed E-state index contributed by atoms with van der Waals surface area (Å²) in [6.07, 6.45) is 1.88. The van der Waals surface area contributed by atoms with Crippen molar-refractivity contribution in [2.45, 2.75) is 36.2 Å². The molecule has 1 saturated carbocycles. The van der Waals surface area contributed by atoms with Crippen molar-refractivity contribution in [2.24, 2.45) is 0 Å². The topological polar surface area (TPSA) is 80.8 Å². The minimum atomic E-state index is -3.79. The molecule has 0 spiro atoms. The van der Waals surface area contributed by atoms with Gasteiger partial charge in [-0.25, -0.2) is 16.8 Å². The lowest BCUT2D eigenvalue weighted by atomic mass is 10.2. The molecule has 0 bridgehead atoms. The Morgan fingerprint density at radius 1 is 1.22 bits per heavy atom. The van der Waals surface area contributed by atoms with Crippen LogP contribution in [-0.2, 0) is 19.9 Å². The first kappa shape index (κ1) is 17.0. The van der Waals surface area contributed by atoms with Gasteiger partial charge in [0.05, 0.1) is 28.5 Å². The van der Waals surface area contributed by atoms with E-state index in [0.717, 1.165) is 12.8 Å². The summed E-state index contributed by atoms with van der Waals surface area (Å²) in [4.78, 5) is 0.0690. The van der Waals surface area contributed by atoms with Crippen LogP contribution >= 0.6 is 11.6 Å². The lowest BCUT2D eigenvalue weighted by Crippen LogP contribution is -2.42. The minimum absolute atomic E-state index is 0.0414. The number of ether oxygens (including phenoxy) is 1. The number of sulfone groups is 1. The molecule has 1 atom stereocenters. The van der Waals surface area contributed by atoms with E-state index < -0.39 is 25.9 Å². The maximum atomic E-state index is 13.0. The smallest absolute Gasteiger partial charge is 0.243 e. The molecule has 2 fully saturated rings. The number of halogens is 1. The molecule has 1 aliphatic heterocycles. The molecule has 3 rings (SSSR count). The summed E-state index contributed by atoms with van der Waals surface area (Å²) in [6.45, 7) is 0. The van der Waals surface area contributed by atoms with E-state index in [0.29, 0.717) is 12.2 Å². The molecular weight excluding hydrogens is 362 g/mol. The summed E-state index contributed by atoms with van der Waals surface area (Å²) in [7, 11) is -5.50. The molecule has 128 valence electrons. The Kier molecular flexibility index (Phi) is 4.37. The van der Waals surface area contributed by atoms with Crippen molar-refractivity contribution in [1.82, 2.24) is 4.31 Å². The first-order valence-electron chi connectivity index (χ1n) is 7.32. The SMILES string of the molecule is COc1ccc(S(=O)(=O)N(C2CC2)C2CCS(=O)(=O)C2)cc1Cl. The number of rotatable bonds is 5. The second kappa shape index (κ2) is 5.91. The van der Waals surface area contributed by atoms with Gasteiger partial charge in [0.25, 0.3) is 0 Å². The zero-order valence-electron chi connectivity index (χ0n) is 12.6. The van der Waals surface area contributed by atoms with Crippen LogP contribution in [0, 0.1) is 0 Å². The van der Waals surface area contributed by atoms with Gasteiger partial charge in [0.1, 0.15) is 5.75 Å². The highest BCUT2D eigenvalue weighted by Gasteiger charge is 2.46. The van der Waals surface area contributed by atoms with Gasteiger partial charge in [-0.05, 0) is 37.5 Å². The van der Waals surface area contributed by atoms with E-state index in [1.54, 1.807) is 0 Å². The van der Waals surface area contributed by atoms with Crippen molar-refractivity contribution in [3.8, 4) is 5.75 Å². The molecule has 23 heavy (non-hydrogen) atoms. The van der Waals surface area contributed by atoms with Crippen molar-refractivity contribution in [1.29, 1.82) is 0 Å². The fourth-order valence-electron chi connectivity index (χ4n) is 2.93. The highest BCUT2D eigenvalue weighted by Crippen LogP contribution is 2.38. The van der Waals surface area contributed by atoms with Crippen LogP contribution in [0.15, 0.2) is 23.1 Å². The normalized spacial score (nSPS) is 24.0. The zero-order valence-corrected chi connectivity index (χ0v) is 15.0. The van der Waals surface area contributed by atoms with E-state index in [1.165, 1.54) is 29.6 Å². The Labute approximate surface area is 141 Å². The molecule has 0 N–H and O–H groups in total. The predicted octanol–water partition coefficient (Wildman–Crippen LogP) is 1.69. The molecule has 1 aliphatic carbocycles. The van der Waals surface area contributed by atoms with Gasteiger partial charge >= 0.3 is 0 Å². The van der Waals surface area contributed by atoms with Gasteiger partial charge in [0.15, 0.2) is 9.84 Å². The molecule has 1 aromatic rings. The number of methoxy groups -OCH3 is 1. The predicted molar refractivity (Wildman–Crippen MR) is 87.1 cm³/mol. The molecule has 1 saturated heterocycles. The second-order valence-corrected chi connectivity index (χ2v) is 10.4. The summed E-state index contributed by atoms with van der Waals surface area (Å²) >= 11 is 6.04. The van der Waals surface area contributed by atoms with Crippen molar-refractivity contribution < 1.29 is 21.6 Å². The first-order chi connectivity index (χ1) is 10.7. The van der Waals surface area contributed by atoms with E-state index in [1.807, 2.05) is 0 Å². The quantitative estimate of drug-likeness (QED) is 0.777. The Morgan fingerprint density at radius 2 is 1.91 bits per heavy atom. The van der Waals surface area contributed by atoms with Crippen LogP contribution in [0.1, 0.15) is 19.3 Å². The van der Waals surface area contributed by atoms with Crippen molar-refractivity contribution >= 4 is 31.5 Å². The van der Waals surface area contributed by atoms with Crippen molar-refractivity contribution in [2.75, 3.05) is 18.6 Å². The summed E-state index contributed by atoms with van der Waals surface area (Å²) < 4.78 is 55.9. The summed E-state index contributed by atoms with van der Waals surface area (Å²) in [5, 5.41) is 0.211. The van der Waals surface area contributed by atoms with Crippen LogP contribution in [0.25, 0.3) is 0 Å². The Hall–Kier alpha value is -0.830. The third kappa shape index (κ3) is 3.35. The minimum Gasteiger partial charge on any atom is -0.495 e. The lowest BCUT2D eigenvalue weighted by Gasteiger charge is -2.27. The van der Waals surface area contributed by atoms with Crippen LogP contribution in [0.2, 0.25) is 5.02 Å². The molecule has 1 heterocycles. The Balaban J connectivity index is 1.97.